The van der Waals surface area contributed by atoms with Crippen LogP contribution in [0.4, 0.5) is 0 Å². The molecule has 0 aromatic carbocycles. The van der Waals surface area contributed by atoms with E-state index in [2.05, 4.69) is 11.7 Å². The van der Waals surface area contributed by atoms with E-state index in [0.29, 0.717) is 0 Å². The maximum atomic E-state index is 9.05. The molecule has 0 spiro atoms. The van der Waals surface area contributed by atoms with Gasteiger partial charge in [-0.15, -0.1) is 0 Å². The van der Waals surface area contributed by atoms with Crippen LogP contribution in [0.2, 0.25) is 0 Å². The average Bonchev–Trinajstić information content (AvgIpc) is 0.722. The molecule has 34 valence electrons. The summed E-state index contributed by atoms with van der Waals surface area (Å²) < 4.78 is 25.5. The summed E-state index contributed by atoms with van der Waals surface area (Å²) >= 11 is 2.65. The third-order valence-corrected chi connectivity index (χ3v) is 0. The van der Waals surface area contributed by atoms with Gasteiger partial charge in [-0.2, -0.15) is 8.42 Å². The smallest absolute Gasteiger partial charge is 0.277 e. The zero-order valence-corrected chi connectivity index (χ0v) is 10.0. The second-order valence-corrected chi connectivity index (χ2v) is 2.73. The Bertz CT molecular complexity index is 92.0. The summed E-state index contributed by atoms with van der Waals surface area (Å²) in [6.07, 6.45) is 0. The fourth-order valence-corrected chi connectivity index (χ4v) is 0. The first-order valence-corrected chi connectivity index (χ1v) is 3.19. The molecule has 0 atom stereocenters. The van der Waals surface area contributed by atoms with Gasteiger partial charge in [0.05, 0.1) is 0 Å². The van der Waals surface area contributed by atoms with E-state index in [-0.39, 0.29) is 27.7 Å². The molecule has 0 rings (SSSR count). The van der Waals surface area contributed by atoms with Crippen LogP contribution in [0.25, 0.3) is 0 Å². The molecule has 0 aliphatic carbocycles. The Morgan fingerprint density at radius 1 is 1.50 bits per heavy atom. The topological polar surface area (TPSA) is 54.4 Å². The Balaban J connectivity index is 0. The van der Waals surface area contributed by atoms with E-state index in [9.17, 15) is 0 Å². The first-order valence-electron chi connectivity index (χ1n) is 0.698. The van der Waals surface area contributed by atoms with Gasteiger partial charge in [0.1, 0.15) is 0 Å². The van der Waals surface area contributed by atoms with E-state index in [1.807, 2.05) is 0 Å². The van der Waals surface area contributed by atoms with Crippen LogP contribution in [0.3, 0.4) is 0 Å². The molecule has 0 aliphatic heterocycles. The third-order valence-electron chi connectivity index (χ3n) is 0. The monoisotopic (exact) mass is 316 g/mol. The second-order valence-electron chi connectivity index (χ2n) is 0.448. The first-order chi connectivity index (χ1) is 2.00. The van der Waals surface area contributed by atoms with Crippen LogP contribution in [0.15, 0.2) is 0 Å². The van der Waals surface area contributed by atoms with E-state index in [0.717, 1.165) is 0 Å². The van der Waals surface area contributed by atoms with Crippen molar-refractivity contribution in [2.24, 2.45) is 0 Å². The molecule has 0 saturated heterocycles. The number of hydrogen-bond acceptors (Lipinski definition) is 2. The van der Waals surface area contributed by atoms with Crippen LogP contribution in [0.1, 0.15) is 0 Å². The van der Waals surface area contributed by atoms with Crippen LogP contribution in [-0.4, -0.2) is 13.0 Å². The average molecular weight is 315 g/mol. The Kier molecular flexibility index (Phi) is 5.51. The maximum absolute atomic E-state index is 9.05. The van der Waals surface area contributed by atoms with E-state index in [1.165, 1.54) is 0 Å². The molecule has 0 aliphatic rings. The molecule has 0 heterocycles. The molecule has 3 nitrogen and oxygen atoms in total. The van der Waals surface area contributed by atoms with Crippen LogP contribution >= 0.6 is 11.7 Å². The van der Waals surface area contributed by atoms with E-state index in [4.69, 9.17) is 13.0 Å². The minimum Gasteiger partial charge on any atom is -0.277 e. The van der Waals surface area contributed by atoms with Gasteiger partial charge >= 0.3 is 9.15 Å². The Morgan fingerprint density at radius 2 is 1.50 bits per heavy atom. The third kappa shape index (κ3) is 64.0. The van der Waals surface area contributed by atoms with Crippen molar-refractivity contribution in [1.82, 2.24) is 0 Å². The summed E-state index contributed by atoms with van der Waals surface area (Å²) in [5, 5.41) is 0. The zero-order chi connectivity index (χ0) is 4.50. The fourth-order valence-electron chi connectivity index (χ4n) is 0. The van der Waals surface area contributed by atoms with Gasteiger partial charge in [-0.3, -0.25) is 4.55 Å². The van der Waals surface area contributed by atoms with Crippen LogP contribution in [0.5, 0.6) is 0 Å². The molecule has 0 fully saturated rings. The predicted octanol–water partition coefficient (Wildman–Crippen LogP) is -0.283. The second kappa shape index (κ2) is 3.23. The van der Waals surface area contributed by atoms with Gasteiger partial charge < -0.3 is 0 Å². The van der Waals surface area contributed by atoms with Gasteiger partial charge in [0, 0.05) is 27.7 Å². The van der Waals surface area contributed by atoms with E-state index >= 15 is 0 Å². The van der Waals surface area contributed by atoms with Gasteiger partial charge in [0.15, 0.2) is 0 Å². The summed E-state index contributed by atoms with van der Waals surface area (Å²) in [4.78, 5) is 0. The molecule has 0 bridgehead atoms. The first kappa shape index (κ1) is 10.2. The molecule has 0 radical (unpaired) electrons. The van der Waals surface area contributed by atoms with E-state index in [1.54, 1.807) is 0 Å². The molecule has 6 heteroatoms. The van der Waals surface area contributed by atoms with Crippen LogP contribution in [-0.2, 0) is 36.8 Å². The molecular weight excluding hydrogens is 313 g/mol. The minimum absolute atomic E-state index is 0. The Hall–Kier alpha value is 1.20. The van der Waals surface area contributed by atoms with Gasteiger partial charge in [-0.05, 0) is 11.7 Å². The van der Waals surface area contributed by atoms with Gasteiger partial charge in [0.2, 0.25) is 0 Å². The minimum atomic E-state index is -3.97. The molecule has 0 saturated carbocycles. The normalized spacial score (nSPS) is 9.67. The van der Waals surface area contributed by atoms with Crippen LogP contribution < -0.4 is 0 Å². The number of hydrogen-bond donors (Lipinski definition) is 2. The summed E-state index contributed by atoms with van der Waals surface area (Å²) in [5.41, 5.74) is 0. The molecular formula is H2HgO3S2. The number of rotatable bonds is 0. The summed E-state index contributed by atoms with van der Waals surface area (Å²) in [6, 6.07) is 0. The molecule has 6 heavy (non-hydrogen) atoms. The van der Waals surface area contributed by atoms with Crippen molar-refractivity contribution in [2.75, 3.05) is 0 Å². The molecule has 0 amide bonds. The summed E-state index contributed by atoms with van der Waals surface area (Å²) in [6.45, 7) is 0. The number of thiol groups is 1. The van der Waals surface area contributed by atoms with Gasteiger partial charge in [-0.1, -0.05) is 0 Å². The molecule has 0 aromatic heterocycles. The van der Waals surface area contributed by atoms with Crippen molar-refractivity contribution in [3.8, 4) is 0 Å². The van der Waals surface area contributed by atoms with Crippen molar-refractivity contribution in [2.45, 2.75) is 0 Å². The Morgan fingerprint density at radius 3 is 1.50 bits per heavy atom. The fraction of sp³-hybridized carbons (Fsp3) is 0. The SMILES string of the molecule is O=S(=O)(O)S.[Hg]. The Labute approximate surface area is 61.2 Å². The largest absolute Gasteiger partial charge is 0.316 e. The standard InChI is InChI=1S/Hg.H2O3S2/c;1-5(2,3)4/h;(H2,1,2,3,4). The zero-order valence-electron chi connectivity index (χ0n) is 2.83. The molecule has 0 aromatic rings. The predicted molar refractivity (Wildman–Crippen MR) is 20.5 cm³/mol. The summed E-state index contributed by atoms with van der Waals surface area (Å²) in [7, 11) is -3.97. The van der Waals surface area contributed by atoms with Crippen molar-refractivity contribution < 1.29 is 40.6 Å². The van der Waals surface area contributed by atoms with Crippen molar-refractivity contribution in [1.29, 1.82) is 0 Å². The van der Waals surface area contributed by atoms with E-state index < -0.39 is 9.15 Å². The van der Waals surface area contributed by atoms with Gasteiger partial charge in [0.25, 0.3) is 0 Å². The van der Waals surface area contributed by atoms with Crippen LogP contribution in [0, 0.1) is 0 Å². The molecule has 0 unspecified atom stereocenters. The van der Waals surface area contributed by atoms with Crippen molar-refractivity contribution in [3.05, 3.63) is 0 Å². The molecule has 1 N–H and O–H groups in total. The summed E-state index contributed by atoms with van der Waals surface area (Å²) in [5.74, 6) is 0. The van der Waals surface area contributed by atoms with Crippen molar-refractivity contribution in [3.63, 3.8) is 0 Å². The van der Waals surface area contributed by atoms with Crippen molar-refractivity contribution >= 4 is 20.8 Å². The van der Waals surface area contributed by atoms with Gasteiger partial charge in [-0.25, -0.2) is 0 Å². The quantitative estimate of drug-likeness (QED) is 0.280. The maximum Gasteiger partial charge on any atom is 0.316 e.